The molecule has 2 saturated heterocycles. The van der Waals surface area contributed by atoms with Gasteiger partial charge in [-0.05, 0) is 43.4 Å². The first kappa shape index (κ1) is 18.6. The fourth-order valence-corrected chi connectivity index (χ4v) is 3.91. The van der Waals surface area contributed by atoms with E-state index in [9.17, 15) is 18.0 Å². The summed E-state index contributed by atoms with van der Waals surface area (Å²) in [5.41, 5.74) is -0.910. The van der Waals surface area contributed by atoms with Gasteiger partial charge in [0, 0.05) is 32.7 Å². The number of carbonyl (C=O) groups excluding carboxylic acids is 1. The second-order valence-electron chi connectivity index (χ2n) is 7.63. The second-order valence-corrected chi connectivity index (χ2v) is 7.63. The number of alkyl halides is 3. The average Bonchev–Trinajstić information content (AvgIpc) is 2.45. The van der Waals surface area contributed by atoms with Crippen molar-refractivity contribution in [2.24, 2.45) is 17.3 Å². The highest BCUT2D eigenvalue weighted by Crippen LogP contribution is 2.45. The van der Waals surface area contributed by atoms with Gasteiger partial charge in [0.2, 0.25) is 5.91 Å². The maximum atomic E-state index is 13.1. The first-order chi connectivity index (χ1) is 10.7. The molecule has 2 aliphatic rings. The summed E-state index contributed by atoms with van der Waals surface area (Å²) < 4.78 is 44.5. The minimum atomic E-state index is -4.18. The molecule has 0 radical (unpaired) electrons. The van der Waals surface area contributed by atoms with Crippen LogP contribution >= 0.6 is 0 Å². The summed E-state index contributed by atoms with van der Waals surface area (Å²) in [6.45, 7) is 5.27. The smallest absolute Gasteiger partial charge is 0.381 e. The van der Waals surface area contributed by atoms with Gasteiger partial charge in [-0.25, -0.2) is 0 Å². The van der Waals surface area contributed by atoms with E-state index in [0.29, 0.717) is 12.3 Å². The fourth-order valence-electron chi connectivity index (χ4n) is 3.91. The quantitative estimate of drug-likeness (QED) is 0.776. The molecule has 0 unspecified atom stereocenters. The molecule has 0 saturated carbocycles. The van der Waals surface area contributed by atoms with Crippen molar-refractivity contribution in [1.82, 2.24) is 4.90 Å². The number of halogens is 3. The number of amides is 1. The normalized spacial score (nSPS) is 26.3. The summed E-state index contributed by atoms with van der Waals surface area (Å²) in [7, 11) is 0. The highest BCUT2D eigenvalue weighted by molar-refractivity contribution is 5.76. The predicted molar refractivity (Wildman–Crippen MR) is 81.9 cm³/mol. The standard InChI is InChI=1S/C17H28F3NO2/c1-16(2)12-21(9-6-14(16)17(18,19)20)15(22)5-3-4-13-7-10-23-11-8-13/h13-14H,3-12H2,1-2H3/t14-/m0/s1. The Kier molecular flexibility index (Phi) is 5.98. The lowest BCUT2D eigenvalue weighted by Gasteiger charge is -2.44. The molecule has 0 aliphatic carbocycles. The zero-order valence-electron chi connectivity index (χ0n) is 14.1. The van der Waals surface area contributed by atoms with Gasteiger partial charge in [0.25, 0.3) is 0 Å². The Balaban J connectivity index is 1.77. The minimum Gasteiger partial charge on any atom is -0.381 e. The van der Waals surface area contributed by atoms with Crippen LogP contribution in [0.4, 0.5) is 13.2 Å². The summed E-state index contributed by atoms with van der Waals surface area (Å²) >= 11 is 0. The molecule has 0 aromatic heterocycles. The summed E-state index contributed by atoms with van der Waals surface area (Å²) in [6.07, 6.45) is 0.227. The number of ether oxygens (including phenoxy) is 1. The van der Waals surface area contributed by atoms with E-state index < -0.39 is 17.5 Å². The van der Waals surface area contributed by atoms with Crippen LogP contribution in [0.15, 0.2) is 0 Å². The zero-order chi connectivity index (χ0) is 17.1. The predicted octanol–water partition coefficient (Wildman–Crippen LogP) is 4.02. The molecule has 3 nitrogen and oxygen atoms in total. The van der Waals surface area contributed by atoms with E-state index in [4.69, 9.17) is 4.74 Å². The number of hydrogen-bond donors (Lipinski definition) is 0. The maximum Gasteiger partial charge on any atom is 0.392 e. The Morgan fingerprint density at radius 3 is 2.43 bits per heavy atom. The van der Waals surface area contributed by atoms with Crippen LogP contribution < -0.4 is 0 Å². The largest absolute Gasteiger partial charge is 0.392 e. The molecule has 0 aromatic rings. The maximum absolute atomic E-state index is 13.1. The third-order valence-electron chi connectivity index (χ3n) is 5.32. The van der Waals surface area contributed by atoms with Gasteiger partial charge in [-0.15, -0.1) is 0 Å². The van der Waals surface area contributed by atoms with Crippen LogP contribution in [-0.4, -0.2) is 43.3 Å². The lowest BCUT2D eigenvalue weighted by atomic mass is 9.73. The summed E-state index contributed by atoms with van der Waals surface area (Å²) in [5.74, 6) is -0.684. The van der Waals surface area contributed by atoms with Crippen molar-refractivity contribution in [3.63, 3.8) is 0 Å². The second kappa shape index (κ2) is 7.41. The Hall–Kier alpha value is -0.780. The molecule has 2 heterocycles. The van der Waals surface area contributed by atoms with Gasteiger partial charge in [0.05, 0.1) is 5.92 Å². The first-order valence-corrected chi connectivity index (χ1v) is 8.62. The van der Waals surface area contributed by atoms with Crippen LogP contribution in [0, 0.1) is 17.3 Å². The van der Waals surface area contributed by atoms with E-state index in [-0.39, 0.29) is 25.4 Å². The summed E-state index contributed by atoms with van der Waals surface area (Å²) in [6, 6.07) is 0. The molecule has 1 amide bonds. The molecule has 2 aliphatic heterocycles. The van der Waals surface area contributed by atoms with E-state index in [2.05, 4.69) is 0 Å². The van der Waals surface area contributed by atoms with E-state index >= 15 is 0 Å². The number of likely N-dealkylation sites (tertiary alicyclic amines) is 1. The van der Waals surface area contributed by atoms with Gasteiger partial charge < -0.3 is 9.64 Å². The van der Waals surface area contributed by atoms with Gasteiger partial charge in [0.1, 0.15) is 0 Å². The van der Waals surface area contributed by atoms with Crippen molar-refractivity contribution < 1.29 is 22.7 Å². The van der Waals surface area contributed by atoms with Crippen molar-refractivity contribution in [3.05, 3.63) is 0 Å². The van der Waals surface area contributed by atoms with E-state index in [0.717, 1.165) is 38.9 Å². The number of hydrogen-bond acceptors (Lipinski definition) is 2. The third-order valence-corrected chi connectivity index (χ3v) is 5.32. The minimum absolute atomic E-state index is 0.00533. The van der Waals surface area contributed by atoms with Gasteiger partial charge in [-0.1, -0.05) is 13.8 Å². The highest BCUT2D eigenvalue weighted by Gasteiger charge is 2.51. The van der Waals surface area contributed by atoms with Gasteiger partial charge in [-0.2, -0.15) is 13.2 Å². The molecule has 1 atom stereocenters. The van der Waals surface area contributed by atoms with Crippen molar-refractivity contribution >= 4 is 5.91 Å². The number of carbonyl (C=O) groups is 1. The van der Waals surface area contributed by atoms with Crippen LogP contribution in [0.1, 0.15) is 52.4 Å². The first-order valence-electron chi connectivity index (χ1n) is 8.62. The third kappa shape index (κ3) is 5.10. The Morgan fingerprint density at radius 1 is 1.22 bits per heavy atom. The number of rotatable bonds is 4. The summed E-state index contributed by atoms with van der Waals surface area (Å²) in [5, 5.41) is 0. The van der Waals surface area contributed by atoms with Crippen LogP contribution in [0.25, 0.3) is 0 Å². The Bertz CT molecular complexity index is 403. The fraction of sp³-hybridized carbons (Fsp3) is 0.941. The zero-order valence-corrected chi connectivity index (χ0v) is 14.1. The topological polar surface area (TPSA) is 29.5 Å². The molecule has 0 N–H and O–H groups in total. The molecule has 134 valence electrons. The Morgan fingerprint density at radius 2 is 1.87 bits per heavy atom. The molecule has 0 aromatic carbocycles. The summed E-state index contributed by atoms with van der Waals surface area (Å²) in [4.78, 5) is 13.9. The van der Waals surface area contributed by atoms with Crippen molar-refractivity contribution in [2.75, 3.05) is 26.3 Å². The molecule has 23 heavy (non-hydrogen) atoms. The van der Waals surface area contributed by atoms with E-state index in [1.54, 1.807) is 18.7 Å². The van der Waals surface area contributed by atoms with Gasteiger partial charge in [-0.3, -0.25) is 4.79 Å². The van der Waals surface area contributed by atoms with Gasteiger partial charge >= 0.3 is 6.18 Å². The lowest BCUT2D eigenvalue weighted by Crippen LogP contribution is -2.52. The molecule has 0 spiro atoms. The molecular weight excluding hydrogens is 307 g/mol. The lowest BCUT2D eigenvalue weighted by molar-refractivity contribution is -0.217. The monoisotopic (exact) mass is 335 g/mol. The van der Waals surface area contributed by atoms with Crippen LogP contribution in [0.2, 0.25) is 0 Å². The van der Waals surface area contributed by atoms with Gasteiger partial charge in [0.15, 0.2) is 0 Å². The average molecular weight is 335 g/mol. The Labute approximate surface area is 136 Å². The molecule has 0 bridgehead atoms. The highest BCUT2D eigenvalue weighted by atomic mass is 19.4. The van der Waals surface area contributed by atoms with Crippen molar-refractivity contribution in [3.8, 4) is 0 Å². The van der Waals surface area contributed by atoms with Crippen LogP contribution in [0.3, 0.4) is 0 Å². The molecule has 2 fully saturated rings. The molecule has 2 rings (SSSR count). The van der Waals surface area contributed by atoms with Crippen molar-refractivity contribution in [2.45, 2.75) is 58.5 Å². The number of nitrogens with zero attached hydrogens (tertiary/aromatic N) is 1. The SMILES string of the molecule is CC1(C)CN(C(=O)CCCC2CCOCC2)CC[C@@H]1C(F)(F)F. The van der Waals surface area contributed by atoms with E-state index in [1.807, 2.05) is 0 Å². The van der Waals surface area contributed by atoms with E-state index in [1.165, 1.54) is 0 Å². The molecule has 6 heteroatoms. The van der Waals surface area contributed by atoms with Crippen LogP contribution in [-0.2, 0) is 9.53 Å². The number of piperidine rings is 1. The molecular formula is C17H28F3NO2. The van der Waals surface area contributed by atoms with Crippen molar-refractivity contribution in [1.29, 1.82) is 0 Å². The van der Waals surface area contributed by atoms with Crippen LogP contribution in [0.5, 0.6) is 0 Å².